The second-order valence-electron chi connectivity index (χ2n) is 10.8. The van der Waals surface area contributed by atoms with Crippen LogP contribution in [-0.2, 0) is 27.9 Å². The number of allylic oxidation sites excluding steroid dienone is 9. The molecule has 0 aliphatic heterocycles. The lowest BCUT2D eigenvalue weighted by Crippen LogP contribution is -2.37. The quantitative estimate of drug-likeness (QED) is 0.0363. The van der Waals surface area contributed by atoms with Crippen molar-refractivity contribution in [2.75, 3.05) is 54.1 Å². The summed E-state index contributed by atoms with van der Waals surface area (Å²) in [6.07, 6.45) is 29.2. The highest BCUT2D eigenvalue weighted by molar-refractivity contribution is 7.47. The summed E-state index contributed by atoms with van der Waals surface area (Å²) in [5, 5.41) is 0. The van der Waals surface area contributed by atoms with Crippen molar-refractivity contribution >= 4 is 13.8 Å². The number of phosphoric ester groups is 1. The van der Waals surface area contributed by atoms with Crippen LogP contribution < -0.4 is 0 Å². The molecule has 0 aromatic heterocycles. The highest BCUT2D eigenvalue weighted by Crippen LogP contribution is 2.43. The van der Waals surface area contributed by atoms with Crippen molar-refractivity contribution in [1.82, 2.24) is 0 Å². The van der Waals surface area contributed by atoms with E-state index >= 15 is 0 Å². The van der Waals surface area contributed by atoms with Gasteiger partial charge in [-0.3, -0.25) is 13.8 Å². The fourth-order valence-electron chi connectivity index (χ4n) is 3.26. The van der Waals surface area contributed by atoms with Crippen LogP contribution >= 0.6 is 7.82 Å². The van der Waals surface area contributed by atoms with Crippen molar-refractivity contribution in [3.63, 3.8) is 0 Å². The Bertz CT molecular complexity index is 843. The van der Waals surface area contributed by atoms with Crippen LogP contribution in [0, 0.1) is 0 Å². The molecule has 2 unspecified atom stereocenters. The van der Waals surface area contributed by atoms with E-state index in [1.165, 1.54) is 0 Å². The molecule has 0 aromatic carbocycles. The second kappa shape index (κ2) is 25.9. The Morgan fingerprint density at radius 3 is 1.88 bits per heavy atom. The Morgan fingerprint density at radius 2 is 1.34 bits per heavy atom. The number of unbranched alkanes of at least 4 members (excludes halogenated alkanes) is 2. The summed E-state index contributed by atoms with van der Waals surface area (Å²) in [7, 11) is 1.60. The minimum Gasteiger partial charge on any atom is -0.457 e. The van der Waals surface area contributed by atoms with Gasteiger partial charge in [0, 0.05) is 6.42 Å². The zero-order valence-corrected chi connectivity index (χ0v) is 27.1. The monoisotopic (exact) mass is 598 g/mol. The van der Waals surface area contributed by atoms with Gasteiger partial charge in [-0.1, -0.05) is 87.4 Å². The van der Waals surface area contributed by atoms with Gasteiger partial charge in [0.2, 0.25) is 0 Å². The summed E-state index contributed by atoms with van der Waals surface area (Å²) in [6.45, 7) is 5.04. The Morgan fingerprint density at radius 1 is 0.780 bits per heavy atom. The number of quaternary nitrogens is 1. The molecule has 9 heteroatoms. The molecule has 0 radical (unpaired) electrons. The molecule has 0 heterocycles. The molecule has 0 aromatic rings. The number of likely N-dealkylation sites (N-methyl/N-ethyl adjacent to an activating group) is 1. The first kappa shape index (κ1) is 39.2. The molecule has 41 heavy (non-hydrogen) atoms. The summed E-state index contributed by atoms with van der Waals surface area (Å²) < 4.78 is 34.1. The van der Waals surface area contributed by atoms with Crippen LogP contribution in [0.4, 0.5) is 0 Å². The van der Waals surface area contributed by atoms with Crippen LogP contribution in [0.1, 0.15) is 78.1 Å². The van der Waals surface area contributed by atoms with Crippen molar-refractivity contribution in [1.29, 1.82) is 0 Å². The molecule has 0 fully saturated rings. The maximum Gasteiger partial charge on any atom is 0.472 e. The van der Waals surface area contributed by atoms with E-state index in [0.29, 0.717) is 30.5 Å². The van der Waals surface area contributed by atoms with Gasteiger partial charge in [0.25, 0.3) is 0 Å². The molecular weight excluding hydrogens is 541 g/mol. The molecule has 0 saturated heterocycles. The molecule has 0 saturated carbocycles. The summed E-state index contributed by atoms with van der Waals surface area (Å²) in [5.74, 6) is -0.368. The van der Waals surface area contributed by atoms with E-state index in [4.69, 9.17) is 18.5 Å². The van der Waals surface area contributed by atoms with Crippen LogP contribution in [-0.4, -0.2) is 75.6 Å². The predicted molar refractivity (Wildman–Crippen MR) is 169 cm³/mol. The number of esters is 1. The Balaban J connectivity index is 4.34. The van der Waals surface area contributed by atoms with Gasteiger partial charge < -0.3 is 18.9 Å². The summed E-state index contributed by atoms with van der Waals surface area (Å²) >= 11 is 0. The number of hydrogen-bond acceptors (Lipinski definition) is 6. The topological polar surface area (TPSA) is 91.3 Å². The van der Waals surface area contributed by atoms with Gasteiger partial charge in [0.15, 0.2) is 0 Å². The van der Waals surface area contributed by atoms with E-state index in [-0.39, 0.29) is 25.8 Å². The number of carbonyl (C=O) groups is 1. The van der Waals surface area contributed by atoms with Gasteiger partial charge in [-0.05, 0) is 44.9 Å². The Labute approximate surface area is 250 Å². The van der Waals surface area contributed by atoms with E-state index in [0.717, 1.165) is 51.4 Å². The molecule has 1 N–H and O–H groups in total. The number of ether oxygens (including phenoxy) is 2. The number of nitrogens with zero attached hydrogens (tertiary/aromatic N) is 1. The van der Waals surface area contributed by atoms with Crippen molar-refractivity contribution in [3.8, 4) is 0 Å². The standard InChI is InChI=1S/C32H56NO7P/c1-6-8-10-11-12-13-14-15-16-17-18-19-20-21-22-24-27-37-29-31(40-32(34)25-23-9-7-2)30-39-41(35,36)38-28-26-33(3,4)5/h8,10,12-13,15-16,18-19,21-22,31H,6-7,9,11,14,17,20,23-30H2,1-5H3/p+1/b10-8-,13-12-,16-15-,19-18-,22-21-. The largest absolute Gasteiger partial charge is 0.472 e. The molecule has 0 aliphatic carbocycles. The lowest BCUT2D eigenvalue weighted by molar-refractivity contribution is -0.870. The maximum atomic E-state index is 12.2. The van der Waals surface area contributed by atoms with Crippen LogP contribution in [0.15, 0.2) is 60.8 Å². The first-order valence-electron chi connectivity index (χ1n) is 15.0. The Kier molecular flexibility index (Phi) is 24.7. The van der Waals surface area contributed by atoms with Crippen LogP contribution in [0.25, 0.3) is 0 Å². The third-order valence-electron chi connectivity index (χ3n) is 5.61. The molecule has 0 spiro atoms. The first-order valence-corrected chi connectivity index (χ1v) is 16.5. The van der Waals surface area contributed by atoms with E-state index in [2.05, 4.69) is 68.5 Å². The average Bonchev–Trinajstić information content (AvgIpc) is 2.90. The van der Waals surface area contributed by atoms with E-state index in [1.54, 1.807) is 0 Å². The highest BCUT2D eigenvalue weighted by atomic mass is 31.2. The normalized spacial score (nSPS) is 15.2. The Hall–Kier alpha value is -1.80. The minimum absolute atomic E-state index is 0.0719. The number of phosphoric acid groups is 1. The zero-order chi connectivity index (χ0) is 30.7. The van der Waals surface area contributed by atoms with Gasteiger partial charge >= 0.3 is 13.8 Å². The lowest BCUT2D eigenvalue weighted by Gasteiger charge is -2.24. The van der Waals surface area contributed by atoms with Gasteiger partial charge in [-0.15, -0.1) is 0 Å². The minimum atomic E-state index is -4.26. The third-order valence-corrected chi connectivity index (χ3v) is 6.60. The molecule has 0 aliphatic rings. The molecular formula is C32H57NO7P+. The van der Waals surface area contributed by atoms with E-state index in [9.17, 15) is 14.3 Å². The zero-order valence-electron chi connectivity index (χ0n) is 26.2. The number of carbonyl (C=O) groups excluding carboxylic acids is 1. The fraction of sp³-hybridized carbons (Fsp3) is 0.656. The van der Waals surface area contributed by atoms with Crippen molar-refractivity contribution in [2.24, 2.45) is 0 Å². The number of rotatable bonds is 26. The van der Waals surface area contributed by atoms with Gasteiger partial charge in [-0.25, -0.2) is 4.57 Å². The molecule has 0 amide bonds. The van der Waals surface area contributed by atoms with Gasteiger partial charge in [-0.2, -0.15) is 0 Å². The van der Waals surface area contributed by atoms with Crippen molar-refractivity contribution < 1.29 is 37.3 Å². The molecule has 236 valence electrons. The van der Waals surface area contributed by atoms with Crippen LogP contribution in [0.2, 0.25) is 0 Å². The first-order chi connectivity index (χ1) is 19.6. The van der Waals surface area contributed by atoms with E-state index in [1.807, 2.05) is 27.2 Å². The molecule has 0 rings (SSSR count). The molecule has 8 nitrogen and oxygen atoms in total. The highest BCUT2D eigenvalue weighted by Gasteiger charge is 2.26. The molecule has 0 bridgehead atoms. The van der Waals surface area contributed by atoms with Crippen LogP contribution in [0.5, 0.6) is 0 Å². The van der Waals surface area contributed by atoms with Crippen molar-refractivity contribution in [2.45, 2.75) is 84.2 Å². The average molecular weight is 599 g/mol. The second-order valence-corrected chi connectivity index (χ2v) is 12.2. The predicted octanol–water partition coefficient (Wildman–Crippen LogP) is 7.48. The molecule has 2 atom stereocenters. The number of hydrogen-bond donors (Lipinski definition) is 1. The fourth-order valence-corrected chi connectivity index (χ4v) is 4.00. The summed E-state index contributed by atoms with van der Waals surface area (Å²) in [5.41, 5.74) is 0. The van der Waals surface area contributed by atoms with Crippen molar-refractivity contribution in [3.05, 3.63) is 60.8 Å². The maximum absolute atomic E-state index is 12.2. The van der Waals surface area contributed by atoms with Crippen LogP contribution in [0.3, 0.4) is 0 Å². The van der Waals surface area contributed by atoms with E-state index < -0.39 is 13.9 Å². The van der Waals surface area contributed by atoms with Gasteiger partial charge in [0.05, 0.1) is 41.0 Å². The smallest absolute Gasteiger partial charge is 0.457 e. The third kappa shape index (κ3) is 29.5. The lowest BCUT2D eigenvalue weighted by atomic mass is 10.2. The SMILES string of the molecule is CC/C=C\C/C=C\C/C=C\C/C=C\C/C=C\CCOCC(COP(=O)(O)OCC[N+](C)(C)C)OC(=O)CCCCC. The van der Waals surface area contributed by atoms with Gasteiger partial charge in [0.1, 0.15) is 19.3 Å². The summed E-state index contributed by atoms with van der Waals surface area (Å²) in [4.78, 5) is 22.2. The summed E-state index contributed by atoms with van der Waals surface area (Å²) in [6, 6.07) is 0.